The van der Waals surface area contributed by atoms with E-state index >= 15 is 0 Å². The van der Waals surface area contributed by atoms with Crippen LogP contribution in [0.5, 0.6) is 0 Å². The molecule has 1 aliphatic rings. The van der Waals surface area contributed by atoms with Crippen LogP contribution < -0.4 is 0 Å². The number of allylic oxidation sites excluding steroid dienone is 3. The van der Waals surface area contributed by atoms with Gasteiger partial charge in [-0.1, -0.05) is 12.5 Å². The molecule has 0 heterocycles. The van der Waals surface area contributed by atoms with Crippen molar-refractivity contribution in [2.45, 2.75) is 26.2 Å². The highest BCUT2D eigenvalue weighted by molar-refractivity contribution is 5.22. The number of hydrogen-bond donors (Lipinski definition) is 0. The maximum atomic E-state index is 10.3. The van der Waals surface area contributed by atoms with Crippen LogP contribution in [-0.2, 0) is 0 Å². The van der Waals surface area contributed by atoms with Gasteiger partial charge < -0.3 is 0 Å². The normalized spacial score (nSPS) is 17.2. The zero-order valence-electron chi connectivity index (χ0n) is 6.54. The molecule has 0 aliphatic heterocycles. The van der Waals surface area contributed by atoms with Crippen molar-refractivity contribution >= 4 is 0 Å². The summed E-state index contributed by atoms with van der Waals surface area (Å²) in [4.78, 5) is 9.98. The van der Waals surface area contributed by atoms with E-state index < -0.39 is 0 Å². The quantitative estimate of drug-likeness (QED) is 0.451. The molecule has 0 aromatic heterocycles. The standard InChI is InChI=1S/C8H11NO2/c1-2-7-4-3-5-8(6-7)9(10)11/h5-6H,2-4H2,1H3. The lowest BCUT2D eigenvalue weighted by Crippen LogP contribution is -2.00. The van der Waals surface area contributed by atoms with Crippen LogP contribution in [0.15, 0.2) is 23.4 Å². The molecular formula is C8H11NO2. The van der Waals surface area contributed by atoms with Crippen molar-refractivity contribution in [2.24, 2.45) is 0 Å². The zero-order valence-corrected chi connectivity index (χ0v) is 6.54. The molecule has 0 aromatic rings. The molecule has 0 aromatic carbocycles. The van der Waals surface area contributed by atoms with Crippen LogP contribution in [0.3, 0.4) is 0 Å². The Labute approximate surface area is 65.6 Å². The van der Waals surface area contributed by atoms with Gasteiger partial charge in [0.25, 0.3) is 5.70 Å². The Morgan fingerprint density at radius 2 is 2.45 bits per heavy atom. The maximum absolute atomic E-state index is 10.3. The predicted molar refractivity (Wildman–Crippen MR) is 42.7 cm³/mol. The molecule has 11 heavy (non-hydrogen) atoms. The Hall–Kier alpha value is -1.12. The van der Waals surface area contributed by atoms with E-state index in [2.05, 4.69) is 0 Å². The Kier molecular flexibility index (Phi) is 2.41. The monoisotopic (exact) mass is 153 g/mol. The third-order valence-corrected chi connectivity index (χ3v) is 1.84. The Bertz CT molecular complexity index is 228. The van der Waals surface area contributed by atoms with E-state index in [0.29, 0.717) is 0 Å². The summed E-state index contributed by atoms with van der Waals surface area (Å²) in [5.74, 6) is 0. The van der Waals surface area contributed by atoms with Crippen molar-refractivity contribution in [3.8, 4) is 0 Å². The molecule has 0 radical (unpaired) electrons. The van der Waals surface area contributed by atoms with Crippen LogP contribution >= 0.6 is 0 Å². The van der Waals surface area contributed by atoms with Crippen LogP contribution in [0, 0.1) is 10.1 Å². The van der Waals surface area contributed by atoms with Crippen LogP contribution in [0.4, 0.5) is 0 Å². The lowest BCUT2D eigenvalue weighted by atomic mass is 10.0. The summed E-state index contributed by atoms with van der Waals surface area (Å²) in [6.07, 6.45) is 6.08. The minimum absolute atomic E-state index is 0.258. The summed E-state index contributed by atoms with van der Waals surface area (Å²) in [5, 5.41) is 10.3. The van der Waals surface area contributed by atoms with E-state index in [9.17, 15) is 10.1 Å². The fraction of sp³-hybridized carbons (Fsp3) is 0.500. The van der Waals surface area contributed by atoms with Crippen molar-refractivity contribution in [2.75, 3.05) is 0 Å². The van der Waals surface area contributed by atoms with Gasteiger partial charge in [0, 0.05) is 6.08 Å². The van der Waals surface area contributed by atoms with Crippen molar-refractivity contribution in [3.05, 3.63) is 33.5 Å². The topological polar surface area (TPSA) is 43.1 Å². The van der Waals surface area contributed by atoms with E-state index in [1.807, 2.05) is 6.92 Å². The molecule has 0 saturated heterocycles. The first-order chi connectivity index (χ1) is 5.24. The molecular weight excluding hydrogens is 142 g/mol. The highest BCUT2D eigenvalue weighted by atomic mass is 16.6. The third kappa shape index (κ3) is 1.90. The predicted octanol–water partition coefficient (Wildman–Crippen LogP) is 2.28. The first-order valence-corrected chi connectivity index (χ1v) is 3.78. The Morgan fingerprint density at radius 3 is 3.00 bits per heavy atom. The lowest BCUT2D eigenvalue weighted by Gasteiger charge is -2.05. The maximum Gasteiger partial charge on any atom is 0.265 e. The summed E-state index contributed by atoms with van der Waals surface area (Å²) in [5.41, 5.74) is 1.44. The van der Waals surface area contributed by atoms with Crippen LogP contribution in [0.25, 0.3) is 0 Å². The Morgan fingerprint density at radius 1 is 1.73 bits per heavy atom. The number of nitrogens with zero attached hydrogens (tertiary/aromatic N) is 1. The first kappa shape index (κ1) is 7.98. The first-order valence-electron chi connectivity index (χ1n) is 3.78. The summed E-state index contributed by atoms with van der Waals surface area (Å²) in [6, 6.07) is 0. The van der Waals surface area contributed by atoms with Gasteiger partial charge in [-0.3, -0.25) is 10.1 Å². The summed E-state index contributed by atoms with van der Waals surface area (Å²) >= 11 is 0. The van der Waals surface area contributed by atoms with Gasteiger partial charge >= 0.3 is 0 Å². The van der Waals surface area contributed by atoms with Crippen LogP contribution in [0.2, 0.25) is 0 Å². The SMILES string of the molecule is CCC1=CC([N+](=O)[O-])=CCC1. The highest BCUT2D eigenvalue weighted by Gasteiger charge is 2.11. The van der Waals surface area contributed by atoms with Gasteiger partial charge in [0.15, 0.2) is 0 Å². The van der Waals surface area contributed by atoms with E-state index in [-0.39, 0.29) is 10.6 Å². The van der Waals surface area contributed by atoms with Crippen molar-refractivity contribution < 1.29 is 4.92 Å². The number of rotatable bonds is 2. The smallest absolute Gasteiger partial charge is 0.258 e. The molecule has 3 nitrogen and oxygen atoms in total. The molecule has 0 bridgehead atoms. The molecule has 60 valence electrons. The van der Waals surface area contributed by atoms with E-state index in [0.717, 1.165) is 19.3 Å². The summed E-state index contributed by atoms with van der Waals surface area (Å²) in [7, 11) is 0. The van der Waals surface area contributed by atoms with Crippen molar-refractivity contribution in [1.82, 2.24) is 0 Å². The van der Waals surface area contributed by atoms with Gasteiger partial charge in [-0.05, 0) is 25.3 Å². The second-order valence-electron chi connectivity index (χ2n) is 2.58. The minimum atomic E-state index is -0.325. The van der Waals surface area contributed by atoms with E-state index in [1.165, 1.54) is 5.57 Å². The van der Waals surface area contributed by atoms with Gasteiger partial charge in [-0.2, -0.15) is 0 Å². The van der Waals surface area contributed by atoms with Crippen LogP contribution in [-0.4, -0.2) is 4.92 Å². The average Bonchev–Trinajstić information content (AvgIpc) is 2.05. The van der Waals surface area contributed by atoms with E-state index in [4.69, 9.17) is 0 Å². The molecule has 0 saturated carbocycles. The molecule has 0 fully saturated rings. The second kappa shape index (κ2) is 3.32. The van der Waals surface area contributed by atoms with Crippen molar-refractivity contribution in [1.29, 1.82) is 0 Å². The largest absolute Gasteiger partial charge is 0.265 e. The summed E-state index contributed by atoms with van der Waals surface area (Å²) in [6.45, 7) is 2.02. The fourth-order valence-corrected chi connectivity index (χ4v) is 1.15. The molecule has 0 amide bonds. The molecule has 3 heteroatoms. The fourth-order valence-electron chi connectivity index (χ4n) is 1.15. The zero-order chi connectivity index (χ0) is 8.27. The molecule has 0 N–H and O–H groups in total. The van der Waals surface area contributed by atoms with E-state index in [1.54, 1.807) is 12.2 Å². The van der Waals surface area contributed by atoms with Gasteiger partial charge in [-0.25, -0.2) is 0 Å². The minimum Gasteiger partial charge on any atom is -0.258 e. The molecule has 0 atom stereocenters. The summed E-state index contributed by atoms with van der Waals surface area (Å²) < 4.78 is 0. The average molecular weight is 153 g/mol. The number of nitro groups is 1. The van der Waals surface area contributed by atoms with Crippen molar-refractivity contribution in [3.63, 3.8) is 0 Å². The van der Waals surface area contributed by atoms with Gasteiger partial charge in [-0.15, -0.1) is 0 Å². The molecule has 1 aliphatic carbocycles. The molecule has 0 unspecified atom stereocenters. The van der Waals surface area contributed by atoms with Gasteiger partial charge in [0.1, 0.15) is 0 Å². The van der Waals surface area contributed by atoms with Gasteiger partial charge in [0.05, 0.1) is 4.92 Å². The lowest BCUT2D eigenvalue weighted by molar-refractivity contribution is -0.419. The Balaban J connectivity index is 2.76. The van der Waals surface area contributed by atoms with Crippen LogP contribution in [0.1, 0.15) is 26.2 Å². The molecule has 1 rings (SSSR count). The highest BCUT2D eigenvalue weighted by Crippen LogP contribution is 2.19. The molecule has 0 spiro atoms. The number of hydrogen-bond acceptors (Lipinski definition) is 2. The third-order valence-electron chi connectivity index (χ3n) is 1.84. The van der Waals surface area contributed by atoms with Gasteiger partial charge in [0.2, 0.25) is 0 Å². The second-order valence-corrected chi connectivity index (χ2v) is 2.58.